The smallest absolute Gasteiger partial charge is 0.224 e. The van der Waals surface area contributed by atoms with E-state index in [2.05, 4.69) is 15.6 Å². The molecule has 28 heavy (non-hydrogen) atoms. The summed E-state index contributed by atoms with van der Waals surface area (Å²) in [5, 5.41) is 6.86. The summed E-state index contributed by atoms with van der Waals surface area (Å²) in [4.78, 5) is 16.9. The molecule has 146 valence electrons. The van der Waals surface area contributed by atoms with Gasteiger partial charge in [-0.05, 0) is 36.2 Å². The van der Waals surface area contributed by atoms with Crippen molar-refractivity contribution in [2.24, 2.45) is 5.92 Å². The molecule has 2 atom stereocenters. The van der Waals surface area contributed by atoms with Crippen LogP contribution in [0.3, 0.4) is 0 Å². The second kappa shape index (κ2) is 8.31. The molecule has 1 saturated heterocycles. The van der Waals surface area contributed by atoms with Crippen molar-refractivity contribution in [3.8, 4) is 5.69 Å². The minimum absolute atomic E-state index is 0.0231. The number of rotatable bonds is 5. The number of nitrogens with one attached hydrogen (secondary N) is 2. The zero-order valence-corrected chi connectivity index (χ0v) is 16.4. The molecule has 0 radical (unpaired) electrons. The van der Waals surface area contributed by atoms with Crippen molar-refractivity contribution in [2.75, 3.05) is 20.2 Å². The molecular formula is C21H23ClN4O2. The van der Waals surface area contributed by atoms with E-state index < -0.39 is 0 Å². The van der Waals surface area contributed by atoms with Crippen LogP contribution in [0.5, 0.6) is 0 Å². The molecule has 0 spiro atoms. The Labute approximate surface area is 168 Å². The molecule has 4 rings (SSSR count). The molecule has 0 bridgehead atoms. The zero-order valence-electron chi connectivity index (χ0n) is 15.7. The van der Waals surface area contributed by atoms with Crippen molar-refractivity contribution in [3.63, 3.8) is 0 Å². The van der Waals surface area contributed by atoms with Crippen LogP contribution in [0.1, 0.15) is 12.0 Å². The highest BCUT2D eigenvalue weighted by molar-refractivity contribution is 6.31. The van der Waals surface area contributed by atoms with E-state index in [0.29, 0.717) is 18.1 Å². The van der Waals surface area contributed by atoms with Gasteiger partial charge in [0.15, 0.2) is 0 Å². The van der Waals surface area contributed by atoms with Gasteiger partial charge in [0.05, 0.1) is 23.1 Å². The molecule has 2 heterocycles. The van der Waals surface area contributed by atoms with E-state index in [9.17, 15) is 4.79 Å². The number of fused-ring (bicyclic) bond motifs is 1. The number of halogens is 1. The van der Waals surface area contributed by atoms with Crippen LogP contribution in [0, 0.1) is 5.92 Å². The van der Waals surface area contributed by atoms with E-state index in [1.165, 1.54) is 0 Å². The van der Waals surface area contributed by atoms with Gasteiger partial charge in [-0.25, -0.2) is 4.98 Å². The number of ether oxygens (including phenoxy) is 1. The number of amides is 1. The first kappa shape index (κ1) is 18.9. The topological polar surface area (TPSA) is 68.2 Å². The highest BCUT2D eigenvalue weighted by Gasteiger charge is 2.26. The molecule has 0 aliphatic carbocycles. The van der Waals surface area contributed by atoms with E-state index in [1.807, 2.05) is 47.0 Å². The Bertz CT molecular complexity index is 987. The Morgan fingerprint density at radius 1 is 1.32 bits per heavy atom. The minimum Gasteiger partial charge on any atom is -0.380 e. The third-order valence-electron chi connectivity index (χ3n) is 5.24. The molecule has 1 fully saturated rings. The maximum atomic E-state index is 12.5. The quantitative estimate of drug-likeness (QED) is 0.693. The number of methoxy groups -OCH3 is 1. The zero-order chi connectivity index (χ0) is 19.5. The van der Waals surface area contributed by atoms with Crippen molar-refractivity contribution in [2.45, 2.75) is 19.1 Å². The third-order valence-corrected chi connectivity index (χ3v) is 5.59. The Kier molecular flexibility index (Phi) is 5.62. The molecule has 2 unspecified atom stereocenters. The summed E-state index contributed by atoms with van der Waals surface area (Å²) in [7, 11) is 1.68. The van der Waals surface area contributed by atoms with Crippen LogP contribution in [0.2, 0.25) is 5.02 Å². The second-order valence-electron chi connectivity index (χ2n) is 7.05. The van der Waals surface area contributed by atoms with Gasteiger partial charge in [0.2, 0.25) is 5.91 Å². The number of carbonyl (C=O) groups is 1. The number of aromatic nitrogens is 2. The van der Waals surface area contributed by atoms with Crippen molar-refractivity contribution in [1.82, 2.24) is 20.2 Å². The van der Waals surface area contributed by atoms with E-state index in [-0.39, 0.29) is 17.9 Å². The lowest BCUT2D eigenvalue weighted by atomic mass is 9.96. The molecule has 1 aromatic heterocycles. The molecule has 0 saturated carbocycles. The maximum Gasteiger partial charge on any atom is 0.224 e. The van der Waals surface area contributed by atoms with Crippen LogP contribution in [-0.4, -0.2) is 41.8 Å². The molecule has 2 aromatic carbocycles. The standard InChI is InChI=1S/C21H23ClN4O2/c1-28-17-8-15(10-23-12-17)21(27)24-11-14-6-7-16(9-18(14)22)26-13-25-19-4-2-3-5-20(19)26/h2-7,9,13,15,17,23H,8,10-12H2,1H3,(H,24,27). The number of hydrogen-bond donors (Lipinski definition) is 2. The van der Waals surface area contributed by atoms with Gasteiger partial charge >= 0.3 is 0 Å². The summed E-state index contributed by atoms with van der Waals surface area (Å²) in [6, 6.07) is 13.8. The Hall–Kier alpha value is -2.41. The van der Waals surface area contributed by atoms with E-state index in [4.69, 9.17) is 16.3 Å². The fourth-order valence-corrected chi connectivity index (χ4v) is 3.84. The maximum absolute atomic E-state index is 12.5. The Morgan fingerprint density at radius 2 is 2.18 bits per heavy atom. The lowest BCUT2D eigenvalue weighted by molar-refractivity contribution is -0.127. The van der Waals surface area contributed by atoms with Crippen LogP contribution in [-0.2, 0) is 16.1 Å². The van der Waals surface area contributed by atoms with Gasteiger partial charge in [-0.2, -0.15) is 0 Å². The SMILES string of the molecule is COC1CNCC(C(=O)NCc2ccc(-n3cnc4ccccc43)cc2Cl)C1. The van der Waals surface area contributed by atoms with Gasteiger partial charge in [0.1, 0.15) is 6.33 Å². The predicted molar refractivity (Wildman–Crippen MR) is 110 cm³/mol. The second-order valence-corrected chi connectivity index (χ2v) is 7.45. The first-order valence-corrected chi connectivity index (χ1v) is 9.75. The van der Waals surface area contributed by atoms with Crippen molar-refractivity contribution in [1.29, 1.82) is 0 Å². The van der Waals surface area contributed by atoms with Gasteiger partial charge in [-0.3, -0.25) is 9.36 Å². The largest absolute Gasteiger partial charge is 0.380 e. The highest BCUT2D eigenvalue weighted by Crippen LogP contribution is 2.24. The van der Waals surface area contributed by atoms with Gasteiger partial charge in [0.25, 0.3) is 0 Å². The lowest BCUT2D eigenvalue weighted by Gasteiger charge is -2.28. The van der Waals surface area contributed by atoms with Crippen molar-refractivity contribution < 1.29 is 9.53 Å². The predicted octanol–water partition coefficient (Wildman–Crippen LogP) is 2.92. The summed E-state index contributed by atoms with van der Waals surface area (Å²) in [6.45, 7) is 1.86. The molecular weight excluding hydrogens is 376 g/mol. The van der Waals surface area contributed by atoms with Crippen LogP contribution in [0.25, 0.3) is 16.7 Å². The van der Waals surface area contributed by atoms with Crippen molar-refractivity contribution in [3.05, 3.63) is 59.4 Å². The average Bonchev–Trinajstić information content (AvgIpc) is 3.17. The summed E-state index contributed by atoms with van der Waals surface area (Å²) in [6.07, 6.45) is 2.60. The van der Waals surface area contributed by atoms with E-state index >= 15 is 0 Å². The summed E-state index contributed by atoms with van der Waals surface area (Å²) in [5.74, 6) is -0.0657. The summed E-state index contributed by atoms with van der Waals surface area (Å²) >= 11 is 6.49. The number of benzene rings is 2. The summed E-state index contributed by atoms with van der Waals surface area (Å²) < 4.78 is 7.36. The van der Waals surface area contributed by atoms with Crippen LogP contribution < -0.4 is 10.6 Å². The molecule has 6 nitrogen and oxygen atoms in total. The van der Waals surface area contributed by atoms with Crippen LogP contribution in [0.15, 0.2) is 48.8 Å². The fraction of sp³-hybridized carbons (Fsp3) is 0.333. The number of para-hydroxylation sites is 2. The van der Waals surface area contributed by atoms with E-state index in [1.54, 1.807) is 13.4 Å². The van der Waals surface area contributed by atoms with Gasteiger partial charge < -0.3 is 15.4 Å². The molecule has 1 aliphatic heterocycles. The van der Waals surface area contributed by atoms with Crippen molar-refractivity contribution >= 4 is 28.5 Å². The number of imidazole rings is 1. The first-order valence-electron chi connectivity index (χ1n) is 9.38. The fourth-order valence-electron chi connectivity index (χ4n) is 3.60. The number of piperidine rings is 1. The Morgan fingerprint density at radius 3 is 3.00 bits per heavy atom. The summed E-state index contributed by atoms with van der Waals surface area (Å²) in [5.41, 5.74) is 3.78. The molecule has 1 amide bonds. The monoisotopic (exact) mass is 398 g/mol. The molecule has 2 N–H and O–H groups in total. The highest BCUT2D eigenvalue weighted by atomic mass is 35.5. The normalized spacial score (nSPS) is 19.6. The molecule has 3 aromatic rings. The number of carbonyl (C=O) groups excluding carboxylic acids is 1. The first-order chi connectivity index (χ1) is 13.7. The van der Waals surface area contributed by atoms with Gasteiger partial charge in [0, 0.05) is 37.5 Å². The average molecular weight is 399 g/mol. The number of hydrogen-bond acceptors (Lipinski definition) is 4. The lowest BCUT2D eigenvalue weighted by Crippen LogP contribution is -2.46. The minimum atomic E-state index is -0.0888. The van der Waals surface area contributed by atoms with Crippen LogP contribution in [0.4, 0.5) is 0 Å². The molecule has 7 heteroatoms. The van der Waals surface area contributed by atoms with E-state index in [0.717, 1.165) is 35.2 Å². The van der Waals surface area contributed by atoms with Crippen LogP contribution >= 0.6 is 11.6 Å². The third kappa shape index (κ3) is 3.90. The van der Waals surface area contributed by atoms with Gasteiger partial charge in [-0.1, -0.05) is 29.8 Å². The molecule has 1 aliphatic rings. The Balaban J connectivity index is 1.44. The number of nitrogens with zero attached hydrogens (tertiary/aromatic N) is 2. The van der Waals surface area contributed by atoms with Gasteiger partial charge in [-0.15, -0.1) is 0 Å².